The number of rotatable bonds is 6. The molecule has 2 N–H and O–H groups in total. The highest BCUT2D eigenvalue weighted by Crippen LogP contribution is 2.31. The molecule has 3 rings (SSSR count). The van der Waals surface area contributed by atoms with Crippen molar-refractivity contribution in [2.24, 2.45) is 0 Å². The Morgan fingerprint density at radius 2 is 1.97 bits per heavy atom. The number of thioether (sulfide) groups is 1. The zero-order valence-electron chi connectivity index (χ0n) is 16.4. The van der Waals surface area contributed by atoms with Crippen LogP contribution in [0.15, 0.2) is 53.9 Å². The number of hydrogen-bond donors (Lipinski definition) is 2. The Morgan fingerprint density at radius 1 is 1.17 bits per heavy atom. The number of amides is 3. The van der Waals surface area contributed by atoms with Crippen LogP contribution in [0, 0.1) is 6.92 Å². The van der Waals surface area contributed by atoms with Crippen molar-refractivity contribution in [2.45, 2.75) is 31.2 Å². The van der Waals surface area contributed by atoms with Crippen LogP contribution in [0.1, 0.15) is 19.4 Å². The van der Waals surface area contributed by atoms with Crippen LogP contribution in [0.25, 0.3) is 17.1 Å². The molecular formula is C20H22N6O2S. The van der Waals surface area contributed by atoms with Crippen molar-refractivity contribution >= 4 is 23.7 Å². The van der Waals surface area contributed by atoms with E-state index in [9.17, 15) is 9.59 Å². The van der Waals surface area contributed by atoms with Gasteiger partial charge in [-0.15, -0.1) is 10.2 Å². The van der Waals surface area contributed by atoms with E-state index in [0.29, 0.717) is 17.5 Å². The van der Waals surface area contributed by atoms with E-state index in [4.69, 9.17) is 0 Å². The van der Waals surface area contributed by atoms with E-state index < -0.39 is 17.2 Å². The summed E-state index contributed by atoms with van der Waals surface area (Å²) in [5.41, 5.74) is 2.77. The number of aromatic nitrogens is 4. The fourth-order valence-electron chi connectivity index (χ4n) is 2.69. The molecule has 2 heterocycles. The SMILES string of the molecule is CCNC(=O)NC(=O)C(C)Sc1nnc(-c2cccnc2)n1-c1ccccc1C. The predicted molar refractivity (Wildman–Crippen MR) is 112 cm³/mol. The van der Waals surface area contributed by atoms with Gasteiger partial charge < -0.3 is 5.32 Å². The molecule has 0 saturated carbocycles. The smallest absolute Gasteiger partial charge is 0.321 e. The number of hydrogen-bond acceptors (Lipinski definition) is 6. The molecule has 0 radical (unpaired) electrons. The van der Waals surface area contributed by atoms with Gasteiger partial charge in [-0.25, -0.2) is 4.79 Å². The quantitative estimate of drug-likeness (QED) is 0.606. The Labute approximate surface area is 173 Å². The van der Waals surface area contributed by atoms with Crippen molar-refractivity contribution in [3.05, 3.63) is 54.4 Å². The van der Waals surface area contributed by atoms with E-state index in [-0.39, 0.29) is 0 Å². The molecule has 0 fully saturated rings. The summed E-state index contributed by atoms with van der Waals surface area (Å²) in [5.74, 6) is 0.231. The largest absolute Gasteiger partial charge is 0.338 e. The topological polar surface area (TPSA) is 102 Å². The number of aryl methyl sites for hydroxylation is 1. The standard InChI is InChI=1S/C20H22N6O2S/c1-4-22-19(28)23-18(27)14(3)29-20-25-24-17(15-9-7-11-21-12-15)26(20)16-10-6-5-8-13(16)2/h5-12,14H,4H2,1-3H3,(H2,22,23,27,28). The molecular weight excluding hydrogens is 388 g/mol. The summed E-state index contributed by atoms with van der Waals surface area (Å²) in [5, 5.41) is 13.5. The van der Waals surface area contributed by atoms with Crippen molar-refractivity contribution < 1.29 is 9.59 Å². The summed E-state index contributed by atoms with van der Waals surface area (Å²) < 4.78 is 1.91. The van der Waals surface area contributed by atoms with Crippen molar-refractivity contribution in [3.8, 4) is 17.1 Å². The Bertz CT molecular complexity index is 1010. The maximum absolute atomic E-state index is 12.4. The lowest BCUT2D eigenvalue weighted by molar-refractivity contribution is -0.119. The monoisotopic (exact) mass is 410 g/mol. The fourth-order valence-corrected chi connectivity index (χ4v) is 3.55. The molecule has 1 atom stereocenters. The Kier molecular flexibility index (Phi) is 6.61. The van der Waals surface area contributed by atoms with Crippen LogP contribution >= 0.6 is 11.8 Å². The van der Waals surface area contributed by atoms with Crippen LogP contribution in [0.4, 0.5) is 4.79 Å². The van der Waals surface area contributed by atoms with Gasteiger partial charge in [-0.05, 0) is 44.5 Å². The van der Waals surface area contributed by atoms with Crippen LogP contribution in [0.2, 0.25) is 0 Å². The van der Waals surface area contributed by atoms with Gasteiger partial charge in [0.25, 0.3) is 0 Å². The van der Waals surface area contributed by atoms with Crippen LogP contribution in [-0.2, 0) is 4.79 Å². The van der Waals surface area contributed by atoms with Crippen molar-refractivity contribution in [1.29, 1.82) is 0 Å². The summed E-state index contributed by atoms with van der Waals surface area (Å²) in [6.07, 6.45) is 3.42. The molecule has 0 aliphatic carbocycles. The molecule has 29 heavy (non-hydrogen) atoms. The first-order valence-electron chi connectivity index (χ1n) is 9.18. The van der Waals surface area contributed by atoms with Gasteiger partial charge in [0.15, 0.2) is 11.0 Å². The number of para-hydroxylation sites is 1. The van der Waals surface area contributed by atoms with E-state index in [0.717, 1.165) is 16.8 Å². The average molecular weight is 411 g/mol. The number of pyridine rings is 1. The highest BCUT2D eigenvalue weighted by molar-refractivity contribution is 8.00. The third kappa shape index (κ3) is 4.80. The van der Waals surface area contributed by atoms with E-state index in [1.54, 1.807) is 26.2 Å². The summed E-state index contributed by atoms with van der Waals surface area (Å²) in [7, 11) is 0. The third-order valence-corrected chi connectivity index (χ3v) is 5.18. The van der Waals surface area contributed by atoms with E-state index in [1.807, 2.05) is 47.9 Å². The van der Waals surface area contributed by atoms with Crippen LogP contribution in [0.5, 0.6) is 0 Å². The molecule has 0 aliphatic rings. The second kappa shape index (κ2) is 9.33. The number of benzene rings is 1. The predicted octanol–water partition coefficient (Wildman–Crippen LogP) is 2.96. The average Bonchev–Trinajstić information content (AvgIpc) is 3.12. The zero-order valence-corrected chi connectivity index (χ0v) is 17.2. The molecule has 3 amide bonds. The minimum absolute atomic E-state index is 0.400. The number of imide groups is 1. The van der Waals surface area contributed by atoms with Gasteiger partial charge in [-0.2, -0.15) is 0 Å². The summed E-state index contributed by atoms with van der Waals surface area (Å²) >= 11 is 1.23. The molecule has 1 aromatic carbocycles. The Balaban J connectivity index is 1.95. The van der Waals surface area contributed by atoms with Crippen molar-refractivity contribution in [1.82, 2.24) is 30.4 Å². The van der Waals surface area contributed by atoms with Gasteiger partial charge in [-0.1, -0.05) is 30.0 Å². The summed E-state index contributed by atoms with van der Waals surface area (Å²) in [6.45, 7) is 5.95. The Hall–Kier alpha value is -3.20. The maximum Gasteiger partial charge on any atom is 0.321 e. The third-order valence-electron chi connectivity index (χ3n) is 4.13. The maximum atomic E-state index is 12.4. The van der Waals surface area contributed by atoms with Crippen LogP contribution < -0.4 is 10.6 Å². The molecule has 0 saturated heterocycles. The molecule has 9 heteroatoms. The lowest BCUT2D eigenvalue weighted by Gasteiger charge is -2.15. The second-order valence-corrected chi connectivity index (χ2v) is 7.59. The van der Waals surface area contributed by atoms with Gasteiger partial charge in [0, 0.05) is 24.5 Å². The molecule has 2 aromatic heterocycles. The summed E-state index contributed by atoms with van der Waals surface area (Å²) in [6, 6.07) is 11.1. The minimum atomic E-state index is -0.550. The zero-order chi connectivity index (χ0) is 20.8. The lowest BCUT2D eigenvalue weighted by atomic mass is 10.2. The lowest BCUT2D eigenvalue weighted by Crippen LogP contribution is -2.42. The molecule has 1 unspecified atom stereocenters. The van der Waals surface area contributed by atoms with E-state index in [2.05, 4.69) is 25.8 Å². The molecule has 0 bridgehead atoms. The van der Waals surface area contributed by atoms with Gasteiger partial charge >= 0.3 is 6.03 Å². The van der Waals surface area contributed by atoms with Crippen LogP contribution in [0.3, 0.4) is 0 Å². The second-order valence-electron chi connectivity index (χ2n) is 6.28. The molecule has 0 spiro atoms. The van der Waals surface area contributed by atoms with Crippen molar-refractivity contribution in [2.75, 3.05) is 6.54 Å². The number of carbonyl (C=O) groups is 2. The fraction of sp³-hybridized carbons (Fsp3) is 0.250. The number of nitrogens with one attached hydrogen (secondary N) is 2. The van der Waals surface area contributed by atoms with Gasteiger partial charge in [-0.3, -0.25) is 19.7 Å². The number of nitrogens with zero attached hydrogens (tertiary/aromatic N) is 4. The van der Waals surface area contributed by atoms with Crippen molar-refractivity contribution in [3.63, 3.8) is 0 Å². The van der Waals surface area contributed by atoms with Gasteiger partial charge in [0.1, 0.15) is 0 Å². The van der Waals surface area contributed by atoms with Crippen LogP contribution in [-0.4, -0.2) is 43.5 Å². The first kappa shape index (κ1) is 20.5. The van der Waals surface area contributed by atoms with E-state index >= 15 is 0 Å². The number of carbonyl (C=O) groups excluding carboxylic acids is 2. The minimum Gasteiger partial charge on any atom is -0.338 e. The first-order valence-corrected chi connectivity index (χ1v) is 10.1. The van der Waals surface area contributed by atoms with Gasteiger partial charge in [0.05, 0.1) is 10.9 Å². The molecule has 150 valence electrons. The van der Waals surface area contributed by atoms with Gasteiger partial charge in [0.2, 0.25) is 5.91 Å². The first-order chi connectivity index (χ1) is 14.0. The summed E-state index contributed by atoms with van der Waals surface area (Å²) in [4.78, 5) is 28.2. The highest BCUT2D eigenvalue weighted by atomic mass is 32.2. The Morgan fingerprint density at radius 3 is 2.66 bits per heavy atom. The molecule has 8 nitrogen and oxygen atoms in total. The normalized spacial score (nSPS) is 11.7. The highest BCUT2D eigenvalue weighted by Gasteiger charge is 2.23. The number of urea groups is 1. The van der Waals surface area contributed by atoms with E-state index in [1.165, 1.54) is 11.8 Å². The molecule has 3 aromatic rings. The molecule has 0 aliphatic heterocycles.